The monoisotopic (exact) mass is 423 g/mol. The molecule has 1 N–H and O–H groups in total. The largest absolute Gasteiger partial charge is 0.379 e. The second-order valence-electron chi connectivity index (χ2n) is 8.03. The van der Waals surface area contributed by atoms with Gasteiger partial charge in [0.15, 0.2) is 5.82 Å². The van der Waals surface area contributed by atoms with E-state index >= 15 is 0 Å². The second-order valence-corrected chi connectivity index (χ2v) is 8.03. The molecule has 1 aromatic heterocycles. The first-order chi connectivity index (χ1) is 15.1. The van der Waals surface area contributed by atoms with E-state index in [2.05, 4.69) is 20.2 Å². The average molecular weight is 424 g/mol. The molecule has 8 nitrogen and oxygen atoms in total. The Labute approximate surface area is 182 Å². The molecule has 0 aliphatic carbocycles. The number of ether oxygens (including phenoxy) is 1. The number of piperidine rings is 1. The lowest BCUT2D eigenvalue weighted by Crippen LogP contribution is -2.47. The lowest BCUT2D eigenvalue weighted by atomic mass is 10.0. The standard InChI is InChI=1S/C23H29N5O3/c1-17-19(23(30)26-18-7-3-2-4-8-18)15-24-22(25-17)20-9-5-6-10-28(20)21(29)16-27-11-13-31-14-12-27/h2-4,7-8,15,20H,5-6,9-14,16H2,1H3,(H,26,30)/t20-/m1/s1. The Bertz CT molecular complexity index is 915. The number of likely N-dealkylation sites (tertiary alicyclic amines) is 1. The van der Waals surface area contributed by atoms with Gasteiger partial charge < -0.3 is 15.0 Å². The minimum absolute atomic E-state index is 0.110. The van der Waals surface area contributed by atoms with Crippen LogP contribution in [-0.2, 0) is 9.53 Å². The molecule has 2 amide bonds. The molecule has 0 radical (unpaired) electrons. The Morgan fingerprint density at radius 3 is 2.65 bits per heavy atom. The highest BCUT2D eigenvalue weighted by Crippen LogP contribution is 2.29. The summed E-state index contributed by atoms with van der Waals surface area (Å²) < 4.78 is 5.38. The van der Waals surface area contributed by atoms with Crippen LogP contribution in [0, 0.1) is 6.92 Å². The van der Waals surface area contributed by atoms with Crippen molar-refractivity contribution in [1.29, 1.82) is 0 Å². The van der Waals surface area contributed by atoms with Gasteiger partial charge in [0.05, 0.1) is 37.1 Å². The summed E-state index contributed by atoms with van der Waals surface area (Å²) in [5.74, 6) is 0.488. The Balaban J connectivity index is 1.47. The molecule has 2 aromatic rings. The van der Waals surface area contributed by atoms with Crippen LogP contribution in [0.25, 0.3) is 0 Å². The van der Waals surface area contributed by atoms with Crippen LogP contribution >= 0.6 is 0 Å². The van der Waals surface area contributed by atoms with Gasteiger partial charge in [-0.05, 0) is 38.3 Å². The van der Waals surface area contributed by atoms with Gasteiger partial charge in [-0.2, -0.15) is 0 Å². The number of benzene rings is 1. The predicted octanol–water partition coefficient (Wildman–Crippen LogP) is 2.42. The summed E-state index contributed by atoms with van der Waals surface area (Å²) in [6.07, 6.45) is 4.44. The van der Waals surface area contributed by atoms with Gasteiger partial charge in [0.1, 0.15) is 0 Å². The summed E-state index contributed by atoms with van der Waals surface area (Å²) in [5.41, 5.74) is 1.78. The molecule has 8 heteroatoms. The van der Waals surface area contributed by atoms with Crippen LogP contribution in [0.15, 0.2) is 36.5 Å². The summed E-state index contributed by atoms with van der Waals surface area (Å²) in [5, 5.41) is 2.87. The number of nitrogens with zero attached hydrogens (tertiary/aromatic N) is 4. The maximum Gasteiger partial charge on any atom is 0.259 e. The van der Waals surface area contributed by atoms with Crippen molar-refractivity contribution < 1.29 is 14.3 Å². The molecule has 2 aliphatic heterocycles. The molecule has 164 valence electrons. The lowest BCUT2D eigenvalue weighted by molar-refractivity contribution is -0.137. The molecule has 4 rings (SSSR count). The van der Waals surface area contributed by atoms with Crippen LogP contribution in [-0.4, -0.2) is 71.0 Å². The Morgan fingerprint density at radius 2 is 1.90 bits per heavy atom. The number of anilines is 1. The number of carbonyl (C=O) groups excluding carboxylic acids is 2. The first-order valence-electron chi connectivity index (χ1n) is 10.9. The number of carbonyl (C=O) groups is 2. The van der Waals surface area contributed by atoms with Gasteiger partial charge in [-0.3, -0.25) is 14.5 Å². The minimum Gasteiger partial charge on any atom is -0.379 e. The highest BCUT2D eigenvalue weighted by atomic mass is 16.5. The van der Waals surface area contributed by atoms with Crippen molar-refractivity contribution in [2.45, 2.75) is 32.2 Å². The van der Waals surface area contributed by atoms with Gasteiger partial charge in [0, 0.05) is 31.5 Å². The van der Waals surface area contributed by atoms with Gasteiger partial charge in [0.2, 0.25) is 5.91 Å². The number of aromatic nitrogens is 2. The average Bonchev–Trinajstić information content (AvgIpc) is 2.80. The molecule has 0 unspecified atom stereocenters. The number of amides is 2. The Hall–Kier alpha value is -2.84. The van der Waals surface area contributed by atoms with Gasteiger partial charge in [-0.15, -0.1) is 0 Å². The maximum atomic E-state index is 13.0. The van der Waals surface area contributed by atoms with Crippen LogP contribution < -0.4 is 5.32 Å². The highest BCUT2D eigenvalue weighted by molar-refractivity contribution is 6.04. The van der Waals surface area contributed by atoms with Crippen molar-refractivity contribution in [3.63, 3.8) is 0 Å². The topological polar surface area (TPSA) is 87.7 Å². The molecule has 2 aliphatic rings. The zero-order chi connectivity index (χ0) is 21.6. The fourth-order valence-corrected chi connectivity index (χ4v) is 4.13. The summed E-state index contributed by atoms with van der Waals surface area (Å²) in [6, 6.07) is 9.16. The number of hydrogen-bond acceptors (Lipinski definition) is 6. The molecule has 2 saturated heterocycles. The molecule has 0 spiro atoms. The quantitative estimate of drug-likeness (QED) is 0.795. The Morgan fingerprint density at radius 1 is 1.13 bits per heavy atom. The molecule has 2 fully saturated rings. The van der Waals surface area contributed by atoms with Crippen LogP contribution in [0.3, 0.4) is 0 Å². The van der Waals surface area contributed by atoms with Crippen molar-refractivity contribution in [2.24, 2.45) is 0 Å². The number of morpholine rings is 1. The Kier molecular flexibility index (Phi) is 6.89. The van der Waals surface area contributed by atoms with Crippen LogP contribution in [0.4, 0.5) is 5.69 Å². The third-order valence-electron chi connectivity index (χ3n) is 5.86. The molecule has 1 aromatic carbocycles. The van der Waals surface area contributed by atoms with E-state index in [9.17, 15) is 9.59 Å². The molecule has 31 heavy (non-hydrogen) atoms. The van der Waals surface area contributed by atoms with Crippen LogP contribution in [0.2, 0.25) is 0 Å². The van der Waals surface area contributed by atoms with Gasteiger partial charge in [-0.25, -0.2) is 9.97 Å². The van der Waals surface area contributed by atoms with Crippen LogP contribution in [0.5, 0.6) is 0 Å². The van der Waals surface area contributed by atoms with E-state index < -0.39 is 0 Å². The van der Waals surface area contributed by atoms with Crippen molar-refractivity contribution in [2.75, 3.05) is 44.7 Å². The summed E-state index contributed by atoms with van der Waals surface area (Å²) in [7, 11) is 0. The number of para-hydroxylation sites is 1. The lowest BCUT2D eigenvalue weighted by Gasteiger charge is -2.37. The zero-order valence-corrected chi connectivity index (χ0v) is 17.9. The minimum atomic E-state index is -0.237. The van der Waals surface area contributed by atoms with Crippen molar-refractivity contribution in [3.05, 3.63) is 53.6 Å². The SMILES string of the molecule is Cc1nc([C@H]2CCCCN2C(=O)CN2CCOCC2)ncc1C(=O)Nc1ccccc1. The number of hydrogen-bond donors (Lipinski definition) is 1. The fraction of sp³-hybridized carbons (Fsp3) is 0.478. The van der Waals surface area contributed by atoms with Gasteiger partial charge in [-0.1, -0.05) is 18.2 Å². The maximum absolute atomic E-state index is 13.0. The van der Waals surface area contributed by atoms with E-state index in [0.717, 1.165) is 38.0 Å². The molecular formula is C23H29N5O3. The zero-order valence-electron chi connectivity index (χ0n) is 17.9. The van der Waals surface area contributed by atoms with E-state index in [0.29, 0.717) is 43.4 Å². The van der Waals surface area contributed by atoms with E-state index in [1.54, 1.807) is 6.20 Å². The van der Waals surface area contributed by atoms with Gasteiger partial charge in [0.25, 0.3) is 5.91 Å². The first kappa shape index (κ1) is 21.4. The third-order valence-corrected chi connectivity index (χ3v) is 5.86. The van der Waals surface area contributed by atoms with Crippen LogP contribution in [0.1, 0.15) is 47.2 Å². The third kappa shape index (κ3) is 5.26. The normalized spacial score (nSPS) is 19.8. The van der Waals surface area contributed by atoms with Crippen molar-refractivity contribution >= 4 is 17.5 Å². The summed E-state index contributed by atoms with van der Waals surface area (Å²) >= 11 is 0. The number of nitrogens with one attached hydrogen (secondary N) is 1. The summed E-state index contributed by atoms with van der Waals surface area (Å²) in [4.78, 5) is 38.9. The molecular weight excluding hydrogens is 394 g/mol. The second kappa shape index (κ2) is 9.98. The highest BCUT2D eigenvalue weighted by Gasteiger charge is 2.31. The summed E-state index contributed by atoms with van der Waals surface area (Å²) in [6.45, 7) is 5.84. The van der Waals surface area contributed by atoms with E-state index in [-0.39, 0.29) is 17.9 Å². The first-order valence-corrected chi connectivity index (χ1v) is 10.9. The smallest absolute Gasteiger partial charge is 0.259 e. The number of rotatable bonds is 5. The predicted molar refractivity (Wildman–Crippen MR) is 117 cm³/mol. The molecule has 3 heterocycles. The van der Waals surface area contributed by atoms with E-state index in [1.165, 1.54) is 0 Å². The molecule has 0 bridgehead atoms. The van der Waals surface area contributed by atoms with E-state index in [4.69, 9.17) is 4.74 Å². The molecule has 0 saturated carbocycles. The number of aryl methyl sites for hydroxylation is 1. The van der Waals surface area contributed by atoms with Crippen molar-refractivity contribution in [1.82, 2.24) is 19.8 Å². The fourth-order valence-electron chi connectivity index (χ4n) is 4.13. The van der Waals surface area contributed by atoms with Crippen molar-refractivity contribution in [3.8, 4) is 0 Å². The van der Waals surface area contributed by atoms with E-state index in [1.807, 2.05) is 42.2 Å². The molecule has 1 atom stereocenters. The van der Waals surface area contributed by atoms with Gasteiger partial charge >= 0.3 is 0 Å².